The molecule has 0 aromatic carbocycles. The maximum absolute atomic E-state index is 11.4. The van der Waals surface area contributed by atoms with Crippen molar-refractivity contribution in [2.45, 2.75) is 52.2 Å². The molecule has 1 aromatic rings. The van der Waals surface area contributed by atoms with E-state index in [0.29, 0.717) is 12.4 Å². The minimum absolute atomic E-state index is 0.0605. The molecule has 1 N–H and O–H groups in total. The maximum Gasteiger partial charge on any atom is 0.407 e. The van der Waals surface area contributed by atoms with E-state index in [-0.39, 0.29) is 12.2 Å². The molecule has 0 saturated heterocycles. The molecule has 5 nitrogen and oxygen atoms in total. The Labute approximate surface area is 120 Å². The van der Waals surface area contributed by atoms with Crippen LogP contribution in [0.4, 0.5) is 4.79 Å². The molecule has 0 fully saturated rings. The van der Waals surface area contributed by atoms with Gasteiger partial charge in [0.05, 0.1) is 6.10 Å². The Balaban J connectivity index is 2.13. The van der Waals surface area contributed by atoms with Gasteiger partial charge >= 0.3 is 6.09 Å². The minimum Gasteiger partial charge on any atom is -0.475 e. The normalized spacial score (nSPS) is 12.6. The van der Waals surface area contributed by atoms with Crippen molar-refractivity contribution in [3.05, 3.63) is 24.4 Å². The van der Waals surface area contributed by atoms with Crippen LogP contribution in [0.3, 0.4) is 0 Å². The number of alkyl carbamates (subject to hydrolysis) is 1. The van der Waals surface area contributed by atoms with Crippen molar-refractivity contribution in [1.82, 2.24) is 10.3 Å². The van der Waals surface area contributed by atoms with Crippen molar-refractivity contribution in [2.75, 3.05) is 6.54 Å². The molecule has 0 aliphatic carbocycles. The summed E-state index contributed by atoms with van der Waals surface area (Å²) in [4.78, 5) is 15.5. The summed E-state index contributed by atoms with van der Waals surface area (Å²) < 4.78 is 10.8. The lowest BCUT2D eigenvalue weighted by Crippen LogP contribution is -2.33. The van der Waals surface area contributed by atoms with Gasteiger partial charge in [-0.05, 0) is 46.6 Å². The fourth-order valence-corrected chi connectivity index (χ4v) is 1.58. The smallest absolute Gasteiger partial charge is 0.407 e. The van der Waals surface area contributed by atoms with Crippen molar-refractivity contribution >= 4 is 6.09 Å². The van der Waals surface area contributed by atoms with Gasteiger partial charge in [0.25, 0.3) is 0 Å². The average Bonchev–Trinajstić information content (AvgIpc) is 2.34. The van der Waals surface area contributed by atoms with Crippen LogP contribution in [0.1, 0.15) is 40.5 Å². The van der Waals surface area contributed by atoms with Gasteiger partial charge in [-0.3, -0.25) is 0 Å². The Kier molecular flexibility index (Phi) is 6.28. The SMILES string of the molecule is CC(CCCNC(=O)OC(C)(C)C)Oc1ccccn1. The molecule has 1 rings (SSSR count). The molecule has 0 spiro atoms. The highest BCUT2D eigenvalue weighted by Crippen LogP contribution is 2.10. The Morgan fingerprint density at radius 2 is 2.15 bits per heavy atom. The number of hydrogen-bond donors (Lipinski definition) is 1. The van der Waals surface area contributed by atoms with Crippen molar-refractivity contribution in [3.8, 4) is 5.88 Å². The summed E-state index contributed by atoms with van der Waals surface area (Å²) >= 11 is 0. The largest absolute Gasteiger partial charge is 0.475 e. The highest BCUT2D eigenvalue weighted by atomic mass is 16.6. The average molecular weight is 280 g/mol. The first kappa shape index (κ1) is 16.3. The molecule has 1 unspecified atom stereocenters. The van der Waals surface area contributed by atoms with Crippen molar-refractivity contribution < 1.29 is 14.3 Å². The van der Waals surface area contributed by atoms with Gasteiger partial charge in [-0.25, -0.2) is 9.78 Å². The van der Waals surface area contributed by atoms with Crippen LogP contribution in [0.5, 0.6) is 5.88 Å². The number of nitrogens with one attached hydrogen (secondary N) is 1. The summed E-state index contributed by atoms with van der Waals surface area (Å²) in [5, 5.41) is 2.73. The summed E-state index contributed by atoms with van der Waals surface area (Å²) in [6.45, 7) is 8.09. The predicted molar refractivity (Wildman–Crippen MR) is 77.8 cm³/mol. The Bertz CT molecular complexity index is 401. The quantitative estimate of drug-likeness (QED) is 0.813. The monoisotopic (exact) mass is 280 g/mol. The van der Waals surface area contributed by atoms with E-state index in [0.717, 1.165) is 12.8 Å². The second-order valence-corrected chi connectivity index (χ2v) is 5.67. The van der Waals surface area contributed by atoms with E-state index in [9.17, 15) is 4.79 Å². The van der Waals surface area contributed by atoms with Gasteiger partial charge in [0, 0.05) is 18.8 Å². The Hall–Kier alpha value is -1.78. The number of rotatable bonds is 6. The van der Waals surface area contributed by atoms with Crippen LogP contribution in [-0.4, -0.2) is 29.3 Å². The van der Waals surface area contributed by atoms with Crippen LogP contribution in [0.25, 0.3) is 0 Å². The van der Waals surface area contributed by atoms with Crippen LogP contribution in [0.15, 0.2) is 24.4 Å². The number of ether oxygens (including phenoxy) is 2. The molecule has 5 heteroatoms. The summed E-state index contributed by atoms with van der Waals surface area (Å²) in [5.74, 6) is 0.625. The van der Waals surface area contributed by atoms with Gasteiger partial charge in [-0.15, -0.1) is 0 Å². The predicted octanol–water partition coefficient (Wildman–Crippen LogP) is 3.15. The second kappa shape index (κ2) is 7.72. The minimum atomic E-state index is -0.459. The lowest BCUT2D eigenvalue weighted by atomic mass is 10.2. The van der Waals surface area contributed by atoms with Gasteiger partial charge in [0.2, 0.25) is 5.88 Å². The summed E-state index contributed by atoms with van der Waals surface area (Å²) in [7, 11) is 0. The maximum atomic E-state index is 11.4. The lowest BCUT2D eigenvalue weighted by Gasteiger charge is -2.20. The topological polar surface area (TPSA) is 60.5 Å². The molecule has 20 heavy (non-hydrogen) atoms. The van der Waals surface area contributed by atoms with Crippen LogP contribution in [-0.2, 0) is 4.74 Å². The summed E-state index contributed by atoms with van der Waals surface area (Å²) in [6, 6.07) is 5.57. The Morgan fingerprint density at radius 3 is 2.75 bits per heavy atom. The first-order chi connectivity index (χ1) is 9.37. The third kappa shape index (κ3) is 7.61. The summed E-state index contributed by atoms with van der Waals surface area (Å²) in [6.07, 6.45) is 3.05. The molecule has 0 bridgehead atoms. The van der Waals surface area contributed by atoms with Crippen LogP contribution >= 0.6 is 0 Å². The molecule has 0 aliphatic heterocycles. The highest BCUT2D eigenvalue weighted by molar-refractivity contribution is 5.67. The highest BCUT2D eigenvalue weighted by Gasteiger charge is 2.15. The van der Waals surface area contributed by atoms with E-state index in [2.05, 4.69) is 10.3 Å². The van der Waals surface area contributed by atoms with E-state index in [1.807, 2.05) is 45.9 Å². The Morgan fingerprint density at radius 1 is 1.40 bits per heavy atom. The van der Waals surface area contributed by atoms with Crippen molar-refractivity contribution in [2.24, 2.45) is 0 Å². The number of nitrogens with zero attached hydrogens (tertiary/aromatic N) is 1. The van der Waals surface area contributed by atoms with Gasteiger partial charge in [-0.2, -0.15) is 0 Å². The van der Waals surface area contributed by atoms with Gasteiger partial charge in [0.1, 0.15) is 5.60 Å². The standard InChI is InChI=1S/C15H24N2O3/c1-12(19-13-9-5-6-10-16-13)8-7-11-17-14(18)20-15(2,3)4/h5-6,9-10,12H,7-8,11H2,1-4H3,(H,17,18). The molecule has 1 amide bonds. The van der Waals surface area contributed by atoms with Crippen LogP contribution in [0, 0.1) is 0 Å². The van der Waals surface area contributed by atoms with Gasteiger partial charge < -0.3 is 14.8 Å². The molecule has 112 valence electrons. The molecular formula is C15H24N2O3. The third-order valence-corrected chi connectivity index (χ3v) is 2.42. The number of aromatic nitrogens is 1. The van der Waals surface area contributed by atoms with E-state index in [1.165, 1.54) is 0 Å². The van der Waals surface area contributed by atoms with E-state index in [4.69, 9.17) is 9.47 Å². The zero-order valence-corrected chi connectivity index (χ0v) is 12.7. The lowest BCUT2D eigenvalue weighted by molar-refractivity contribution is 0.0525. The molecule has 1 heterocycles. The number of amides is 1. The number of pyridine rings is 1. The van der Waals surface area contributed by atoms with Crippen LogP contribution in [0.2, 0.25) is 0 Å². The molecule has 0 saturated carbocycles. The van der Waals surface area contributed by atoms with Gasteiger partial charge in [-0.1, -0.05) is 6.07 Å². The molecule has 0 aliphatic rings. The van der Waals surface area contributed by atoms with E-state index < -0.39 is 5.60 Å². The molecular weight excluding hydrogens is 256 g/mol. The van der Waals surface area contributed by atoms with E-state index in [1.54, 1.807) is 6.20 Å². The first-order valence-corrected chi connectivity index (χ1v) is 6.91. The third-order valence-electron chi connectivity index (χ3n) is 2.42. The zero-order valence-electron chi connectivity index (χ0n) is 12.7. The fraction of sp³-hybridized carbons (Fsp3) is 0.600. The van der Waals surface area contributed by atoms with E-state index >= 15 is 0 Å². The zero-order chi connectivity index (χ0) is 15.0. The first-order valence-electron chi connectivity index (χ1n) is 6.91. The van der Waals surface area contributed by atoms with Crippen molar-refractivity contribution in [1.29, 1.82) is 0 Å². The number of hydrogen-bond acceptors (Lipinski definition) is 4. The number of carbonyl (C=O) groups excluding carboxylic acids is 1. The molecule has 1 aromatic heterocycles. The van der Waals surface area contributed by atoms with Gasteiger partial charge in [0.15, 0.2) is 0 Å². The fourth-order valence-electron chi connectivity index (χ4n) is 1.58. The second-order valence-electron chi connectivity index (χ2n) is 5.67. The summed E-state index contributed by atoms with van der Waals surface area (Å²) in [5.41, 5.74) is -0.459. The number of carbonyl (C=O) groups is 1. The molecule has 1 atom stereocenters. The van der Waals surface area contributed by atoms with Crippen LogP contribution < -0.4 is 10.1 Å². The molecule has 0 radical (unpaired) electrons. The van der Waals surface area contributed by atoms with Crippen molar-refractivity contribution in [3.63, 3.8) is 0 Å².